The Hall–Kier alpha value is -2.43. The van der Waals surface area contributed by atoms with Crippen LogP contribution in [0.4, 0.5) is 20.2 Å². The number of hydrogen-bond donors (Lipinski definition) is 2. The SMILES string of the molecule is CC(Nc1cccc2c1CCCC2)C(=O)Nc1cc(F)ccc1F. The minimum absolute atomic E-state index is 0.149. The molecule has 24 heavy (non-hydrogen) atoms. The maximum absolute atomic E-state index is 13.6. The fourth-order valence-corrected chi connectivity index (χ4v) is 3.05. The Bertz CT molecular complexity index is 761. The van der Waals surface area contributed by atoms with Gasteiger partial charge in [0, 0.05) is 11.8 Å². The molecule has 1 aliphatic rings. The Labute approximate surface area is 140 Å². The van der Waals surface area contributed by atoms with Crippen molar-refractivity contribution in [1.82, 2.24) is 0 Å². The molecule has 0 aromatic heterocycles. The summed E-state index contributed by atoms with van der Waals surface area (Å²) in [4.78, 5) is 12.3. The fourth-order valence-electron chi connectivity index (χ4n) is 3.05. The average Bonchev–Trinajstić information content (AvgIpc) is 2.58. The molecule has 1 aliphatic carbocycles. The molecule has 1 unspecified atom stereocenters. The summed E-state index contributed by atoms with van der Waals surface area (Å²) in [5.41, 5.74) is 3.36. The molecule has 2 aromatic carbocycles. The van der Waals surface area contributed by atoms with Crippen molar-refractivity contribution < 1.29 is 13.6 Å². The van der Waals surface area contributed by atoms with Crippen LogP contribution >= 0.6 is 0 Å². The lowest BCUT2D eigenvalue weighted by Crippen LogP contribution is -2.32. The van der Waals surface area contributed by atoms with Crippen LogP contribution in [-0.4, -0.2) is 11.9 Å². The van der Waals surface area contributed by atoms with Crippen LogP contribution in [-0.2, 0) is 17.6 Å². The van der Waals surface area contributed by atoms with Crippen LogP contribution in [0.25, 0.3) is 0 Å². The number of fused-ring (bicyclic) bond motifs is 1. The molecule has 1 atom stereocenters. The van der Waals surface area contributed by atoms with Gasteiger partial charge in [-0.1, -0.05) is 12.1 Å². The van der Waals surface area contributed by atoms with Crippen LogP contribution in [0.5, 0.6) is 0 Å². The first-order valence-electron chi connectivity index (χ1n) is 8.18. The van der Waals surface area contributed by atoms with Crippen molar-refractivity contribution in [3.05, 3.63) is 59.2 Å². The highest BCUT2D eigenvalue weighted by molar-refractivity contribution is 5.96. The van der Waals surface area contributed by atoms with Gasteiger partial charge in [-0.05, 0) is 61.9 Å². The molecule has 0 bridgehead atoms. The third-order valence-electron chi connectivity index (χ3n) is 4.35. The van der Waals surface area contributed by atoms with Crippen molar-refractivity contribution in [2.75, 3.05) is 10.6 Å². The first-order chi connectivity index (χ1) is 11.5. The third-order valence-corrected chi connectivity index (χ3v) is 4.35. The van der Waals surface area contributed by atoms with Gasteiger partial charge in [0.2, 0.25) is 5.91 Å². The smallest absolute Gasteiger partial charge is 0.246 e. The number of halogens is 2. The summed E-state index contributed by atoms with van der Waals surface area (Å²) in [6.07, 6.45) is 4.37. The summed E-state index contributed by atoms with van der Waals surface area (Å²) in [5, 5.41) is 5.63. The molecule has 3 rings (SSSR count). The predicted octanol–water partition coefficient (Wildman–Crippen LogP) is 4.28. The molecule has 0 spiro atoms. The molecule has 0 fully saturated rings. The number of nitrogens with one attached hydrogen (secondary N) is 2. The summed E-state index contributed by atoms with van der Waals surface area (Å²) >= 11 is 0. The van der Waals surface area contributed by atoms with Crippen molar-refractivity contribution in [2.24, 2.45) is 0 Å². The number of benzene rings is 2. The Balaban J connectivity index is 1.72. The molecule has 2 aromatic rings. The van der Waals surface area contributed by atoms with Crippen molar-refractivity contribution in [2.45, 2.75) is 38.6 Å². The minimum atomic E-state index is -0.658. The second kappa shape index (κ2) is 6.99. The van der Waals surface area contributed by atoms with Crippen LogP contribution in [0.1, 0.15) is 30.9 Å². The van der Waals surface area contributed by atoms with Gasteiger partial charge < -0.3 is 10.6 Å². The number of carbonyl (C=O) groups is 1. The third kappa shape index (κ3) is 3.55. The van der Waals surface area contributed by atoms with Gasteiger partial charge in [0.05, 0.1) is 5.69 Å². The van der Waals surface area contributed by atoms with Crippen molar-refractivity contribution in [3.8, 4) is 0 Å². The van der Waals surface area contributed by atoms with E-state index in [2.05, 4.69) is 16.7 Å². The Kier molecular flexibility index (Phi) is 4.79. The normalized spacial score (nSPS) is 14.6. The molecule has 0 aliphatic heterocycles. The topological polar surface area (TPSA) is 41.1 Å². The average molecular weight is 330 g/mol. The van der Waals surface area contributed by atoms with E-state index in [-0.39, 0.29) is 5.69 Å². The van der Waals surface area contributed by atoms with E-state index in [1.54, 1.807) is 6.92 Å². The van der Waals surface area contributed by atoms with Gasteiger partial charge in [-0.25, -0.2) is 8.78 Å². The van der Waals surface area contributed by atoms with Crippen molar-refractivity contribution >= 4 is 17.3 Å². The molecule has 0 saturated heterocycles. The first kappa shape index (κ1) is 16.4. The lowest BCUT2D eigenvalue weighted by atomic mass is 9.90. The molecule has 0 saturated carbocycles. The fraction of sp³-hybridized carbons (Fsp3) is 0.316. The number of aryl methyl sites for hydroxylation is 1. The zero-order valence-corrected chi connectivity index (χ0v) is 13.5. The van der Waals surface area contributed by atoms with E-state index >= 15 is 0 Å². The van der Waals surface area contributed by atoms with Gasteiger partial charge in [-0.3, -0.25) is 4.79 Å². The van der Waals surface area contributed by atoms with Gasteiger partial charge in [0.1, 0.15) is 17.7 Å². The molecule has 5 heteroatoms. The molecular weight excluding hydrogens is 310 g/mol. The van der Waals surface area contributed by atoms with E-state index in [9.17, 15) is 13.6 Å². The standard InChI is InChI=1S/C19H20F2N2O/c1-12(19(24)23-18-11-14(20)9-10-16(18)21)22-17-8-4-6-13-5-2-3-7-15(13)17/h4,6,8-12,22H,2-3,5,7H2,1H3,(H,23,24). The van der Waals surface area contributed by atoms with Crippen LogP contribution in [0.3, 0.4) is 0 Å². The highest BCUT2D eigenvalue weighted by Crippen LogP contribution is 2.28. The molecule has 0 heterocycles. The highest BCUT2D eigenvalue weighted by Gasteiger charge is 2.18. The van der Waals surface area contributed by atoms with Gasteiger partial charge in [-0.15, -0.1) is 0 Å². The number of amides is 1. The minimum Gasteiger partial charge on any atom is -0.374 e. The van der Waals surface area contributed by atoms with Crippen molar-refractivity contribution in [3.63, 3.8) is 0 Å². The molecule has 3 nitrogen and oxygen atoms in total. The molecular formula is C19H20F2N2O. The zero-order valence-electron chi connectivity index (χ0n) is 13.5. The number of carbonyl (C=O) groups excluding carboxylic acids is 1. The summed E-state index contributed by atoms with van der Waals surface area (Å²) < 4.78 is 26.8. The van der Waals surface area contributed by atoms with E-state index in [0.29, 0.717) is 0 Å². The van der Waals surface area contributed by atoms with Crippen molar-refractivity contribution in [1.29, 1.82) is 0 Å². The summed E-state index contributed by atoms with van der Waals surface area (Å²) in [7, 11) is 0. The zero-order chi connectivity index (χ0) is 17.1. The van der Waals surface area contributed by atoms with E-state index < -0.39 is 23.6 Å². The maximum atomic E-state index is 13.6. The Morgan fingerprint density at radius 1 is 1.08 bits per heavy atom. The van der Waals surface area contributed by atoms with Crippen LogP contribution in [0.15, 0.2) is 36.4 Å². The van der Waals surface area contributed by atoms with Crippen LogP contribution in [0.2, 0.25) is 0 Å². The van der Waals surface area contributed by atoms with Crippen LogP contribution < -0.4 is 10.6 Å². The molecule has 2 N–H and O–H groups in total. The number of anilines is 2. The Morgan fingerprint density at radius 3 is 2.71 bits per heavy atom. The quantitative estimate of drug-likeness (QED) is 0.878. The molecule has 126 valence electrons. The van der Waals surface area contributed by atoms with E-state index in [1.807, 2.05) is 12.1 Å². The monoisotopic (exact) mass is 330 g/mol. The second-order valence-electron chi connectivity index (χ2n) is 6.13. The number of rotatable bonds is 4. The van der Waals surface area contributed by atoms with Gasteiger partial charge in [0.15, 0.2) is 0 Å². The van der Waals surface area contributed by atoms with Gasteiger partial charge in [-0.2, -0.15) is 0 Å². The summed E-state index contributed by atoms with van der Waals surface area (Å²) in [6.45, 7) is 1.70. The highest BCUT2D eigenvalue weighted by atomic mass is 19.1. The first-order valence-corrected chi connectivity index (χ1v) is 8.18. The van der Waals surface area contributed by atoms with E-state index in [4.69, 9.17) is 0 Å². The Morgan fingerprint density at radius 2 is 1.88 bits per heavy atom. The largest absolute Gasteiger partial charge is 0.374 e. The lowest BCUT2D eigenvalue weighted by molar-refractivity contribution is -0.116. The predicted molar refractivity (Wildman–Crippen MR) is 91.2 cm³/mol. The van der Waals surface area contributed by atoms with Gasteiger partial charge >= 0.3 is 0 Å². The van der Waals surface area contributed by atoms with Crippen LogP contribution in [0, 0.1) is 11.6 Å². The number of hydrogen-bond acceptors (Lipinski definition) is 2. The molecule has 0 radical (unpaired) electrons. The summed E-state index contributed by atoms with van der Waals surface area (Å²) in [6, 6.07) is 8.47. The van der Waals surface area contributed by atoms with Gasteiger partial charge in [0.25, 0.3) is 0 Å². The lowest BCUT2D eigenvalue weighted by Gasteiger charge is -2.22. The molecule has 1 amide bonds. The van der Waals surface area contributed by atoms with E-state index in [1.165, 1.54) is 17.5 Å². The summed E-state index contributed by atoms with van der Waals surface area (Å²) in [5.74, 6) is -1.66. The van der Waals surface area contributed by atoms with E-state index in [0.717, 1.165) is 43.1 Å². The maximum Gasteiger partial charge on any atom is 0.246 e. The second-order valence-corrected chi connectivity index (χ2v) is 6.13.